The van der Waals surface area contributed by atoms with Crippen LogP contribution in [0.4, 0.5) is 0 Å². The van der Waals surface area contributed by atoms with Crippen molar-refractivity contribution in [3.8, 4) is 27.8 Å². The van der Waals surface area contributed by atoms with Gasteiger partial charge in [0, 0.05) is 10.4 Å². The molecule has 0 N–H and O–H groups in total. The standard InChI is InChI=1S/C14H17NO3S/c1-8-9(2)19-14(15-8)10-6-11(16-3)13(18-5)12(7-10)17-4/h6-7H,1-5H3. The van der Waals surface area contributed by atoms with E-state index in [1.165, 1.54) is 4.88 Å². The number of rotatable bonds is 4. The van der Waals surface area contributed by atoms with Crippen LogP contribution in [0.15, 0.2) is 12.1 Å². The van der Waals surface area contributed by atoms with Gasteiger partial charge in [0.2, 0.25) is 5.75 Å². The van der Waals surface area contributed by atoms with E-state index >= 15 is 0 Å². The van der Waals surface area contributed by atoms with E-state index in [1.54, 1.807) is 32.7 Å². The van der Waals surface area contributed by atoms with Crippen LogP contribution in [0.2, 0.25) is 0 Å². The molecule has 2 rings (SSSR count). The molecule has 0 aliphatic heterocycles. The minimum absolute atomic E-state index is 0.596. The van der Waals surface area contributed by atoms with Crippen molar-refractivity contribution in [2.75, 3.05) is 21.3 Å². The Labute approximate surface area is 117 Å². The van der Waals surface area contributed by atoms with E-state index in [1.807, 2.05) is 19.1 Å². The average molecular weight is 279 g/mol. The number of nitrogens with zero attached hydrogens (tertiary/aromatic N) is 1. The molecule has 0 saturated carbocycles. The molecule has 5 heteroatoms. The van der Waals surface area contributed by atoms with Gasteiger partial charge in [0.05, 0.1) is 27.0 Å². The van der Waals surface area contributed by atoms with Crippen LogP contribution in [0.3, 0.4) is 0 Å². The van der Waals surface area contributed by atoms with Gasteiger partial charge in [-0.1, -0.05) is 0 Å². The molecule has 0 atom stereocenters. The van der Waals surface area contributed by atoms with E-state index < -0.39 is 0 Å². The zero-order valence-electron chi connectivity index (χ0n) is 11.7. The maximum absolute atomic E-state index is 5.35. The minimum Gasteiger partial charge on any atom is -0.493 e. The Morgan fingerprint density at radius 1 is 0.947 bits per heavy atom. The van der Waals surface area contributed by atoms with Crippen LogP contribution < -0.4 is 14.2 Å². The summed E-state index contributed by atoms with van der Waals surface area (Å²) in [7, 11) is 4.82. The van der Waals surface area contributed by atoms with E-state index in [-0.39, 0.29) is 0 Å². The van der Waals surface area contributed by atoms with Crippen molar-refractivity contribution in [3.63, 3.8) is 0 Å². The highest BCUT2D eigenvalue weighted by Gasteiger charge is 2.16. The molecule has 4 nitrogen and oxygen atoms in total. The largest absolute Gasteiger partial charge is 0.493 e. The van der Waals surface area contributed by atoms with Crippen molar-refractivity contribution < 1.29 is 14.2 Å². The fourth-order valence-corrected chi connectivity index (χ4v) is 2.70. The Hall–Kier alpha value is -1.75. The zero-order chi connectivity index (χ0) is 14.0. The second kappa shape index (κ2) is 5.48. The first kappa shape index (κ1) is 13.7. The molecule has 0 aliphatic carbocycles. The van der Waals surface area contributed by atoms with E-state index in [0.717, 1.165) is 16.3 Å². The molecule has 1 aromatic carbocycles. The summed E-state index contributed by atoms with van der Waals surface area (Å²) in [6.45, 7) is 4.07. The van der Waals surface area contributed by atoms with E-state index in [9.17, 15) is 0 Å². The number of aromatic nitrogens is 1. The summed E-state index contributed by atoms with van der Waals surface area (Å²) in [4.78, 5) is 5.77. The van der Waals surface area contributed by atoms with Crippen molar-refractivity contribution in [2.45, 2.75) is 13.8 Å². The maximum Gasteiger partial charge on any atom is 0.203 e. The molecule has 0 radical (unpaired) electrons. The first-order valence-corrected chi connectivity index (χ1v) is 6.66. The number of thiazole rings is 1. The number of ether oxygens (including phenoxy) is 3. The van der Waals surface area contributed by atoms with E-state index in [0.29, 0.717) is 17.2 Å². The van der Waals surface area contributed by atoms with Crippen molar-refractivity contribution in [1.29, 1.82) is 0 Å². The minimum atomic E-state index is 0.596. The summed E-state index contributed by atoms with van der Waals surface area (Å²) in [6.07, 6.45) is 0. The number of hydrogen-bond acceptors (Lipinski definition) is 5. The summed E-state index contributed by atoms with van der Waals surface area (Å²) < 4.78 is 16.0. The van der Waals surface area contributed by atoms with Crippen molar-refractivity contribution in [2.24, 2.45) is 0 Å². The number of methoxy groups -OCH3 is 3. The molecule has 0 amide bonds. The average Bonchev–Trinajstić information content (AvgIpc) is 2.76. The molecule has 0 bridgehead atoms. The first-order chi connectivity index (χ1) is 9.10. The number of hydrogen-bond donors (Lipinski definition) is 0. The van der Waals surface area contributed by atoms with Gasteiger partial charge in [0.1, 0.15) is 5.01 Å². The lowest BCUT2D eigenvalue weighted by Gasteiger charge is -2.13. The molecule has 0 unspecified atom stereocenters. The van der Waals surface area contributed by atoms with E-state index in [2.05, 4.69) is 11.9 Å². The molecule has 2 aromatic rings. The third-order valence-corrected chi connectivity index (χ3v) is 4.06. The summed E-state index contributed by atoms with van der Waals surface area (Å²) >= 11 is 1.66. The van der Waals surface area contributed by atoms with Crippen LogP contribution in [-0.2, 0) is 0 Å². The second-order valence-electron chi connectivity index (χ2n) is 4.07. The summed E-state index contributed by atoms with van der Waals surface area (Å²) in [5.74, 6) is 1.88. The second-order valence-corrected chi connectivity index (χ2v) is 5.28. The van der Waals surface area contributed by atoms with Crippen molar-refractivity contribution in [3.05, 3.63) is 22.7 Å². The van der Waals surface area contributed by atoms with Gasteiger partial charge in [0.15, 0.2) is 11.5 Å². The van der Waals surface area contributed by atoms with Crippen LogP contribution in [0, 0.1) is 13.8 Å². The summed E-state index contributed by atoms with van der Waals surface area (Å²) in [5, 5.41) is 0.953. The predicted molar refractivity (Wildman–Crippen MR) is 76.7 cm³/mol. The molecular formula is C14H17NO3S. The topological polar surface area (TPSA) is 40.6 Å². The molecular weight excluding hydrogens is 262 g/mol. The third kappa shape index (κ3) is 2.51. The van der Waals surface area contributed by atoms with Gasteiger partial charge >= 0.3 is 0 Å². The van der Waals surface area contributed by atoms with Gasteiger partial charge in [-0.25, -0.2) is 4.98 Å². The lowest BCUT2D eigenvalue weighted by Crippen LogP contribution is -1.95. The third-order valence-electron chi connectivity index (χ3n) is 2.94. The van der Waals surface area contributed by atoms with Crippen LogP contribution in [0.5, 0.6) is 17.2 Å². The molecule has 1 aromatic heterocycles. The highest BCUT2D eigenvalue weighted by Crippen LogP contribution is 2.42. The lowest BCUT2D eigenvalue weighted by molar-refractivity contribution is 0.324. The Kier molecular flexibility index (Phi) is 3.95. The predicted octanol–water partition coefficient (Wildman–Crippen LogP) is 3.45. The molecule has 0 spiro atoms. The van der Waals surface area contributed by atoms with Gasteiger partial charge in [-0.05, 0) is 26.0 Å². The van der Waals surface area contributed by atoms with Crippen LogP contribution >= 0.6 is 11.3 Å². The normalized spacial score (nSPS) is 10.4. The Morgan fingerprint density at radius 3 is 1.89 bits per heavy atom. The van der Waals surface area contributed by atoms with Crippen molar-refractivity contribution >= 4 is 11.3 Å². The quantitative estimate of drug-likeness (QED) is 0.859. The Morgan fingerprint density at radius 2 is 1.53 bits per heavy atom. The first-order valence-electron chi connectivity index (χ1n) is 5.85. The van der Waals surface area contributed by atoms with Gasteiger partial charge in [0.25, 0.3) is 0 Å². The molecule has 0 saturated heterocycles. The van der Waals surface area contributed by atoms with Crippen molar-refractivity contribution in [1.82, 2.24) is 4.98 Å². The maximum atomic E-state index is 5.35. The SMILES string of the molecule is COc1cc(-c2nc(C)c(C)s2)cc(OC)c1OC. The summed E-state index contributed by atoms with van der Waals surface area (Å²) in [5.41, 5.74) is 2.02. The van der Waals surface area contributed by atoms with Gasteiger partial charge in [-0.3, -0.25) is 0 Å². The molecule has 1 heterocycles. The van der Waals surface area contributed by atoms with Crippen LogP contribution in [0.1, 0.15) is 10.6 Å². The molecule has 19 heavy (non-hydrogen) atoms. The van der Waals surface area contributed by atoms with Gasteiger partial charge in [-0.15, -0.1) is 11.3 Å². The fourth-order valence-electron chi connectivity index (χ4n) is 1.80. The van der Waals surface area contributed by atoms with Crippen LogP contribution in [0.25, 0.3) is 10.6 Å². The summed E-state index contributed by atoms with van der Waals surface area (Å²) in [6, 6.07) is 3.83. The smallest absolute Gasteiger partial charge is 0.203 e. The molecule has 102 valence electrons. The van der Waals surface area contributed by atoms with Crippen LogP contribution in [-0.4, -0.2) is 26.3 Å². The highest BCUT2D eigenvalue weighted by atomic mass is 32.1. The number of aryl methyl sites for hydroxylation is 2. The Balaban J connectivity index is 2.58. The van der Waals surface area contributed by atoms with E-state index in [4.69, 9.17) is 14.2 Å². The molecule has 0 aliphatic rings. The molecule has 0 fully saturated rings. The van der Waals surface area contributed by atoms with Gasteiger partial charge in [-0.2, -0.15) is 0 Å². The monoisotopic (exact) mass is 279 g/mol. The van der Waals surface area contributed by atoms with Gasteiger partial charge < -0.3 is 14.2 Å². The zero-order valence-corrected chi connectivity index (χ0v) is 12.6. The lowest BCUT2D eigenvalue weighted by atomic mass is 10.2. The fraction of sp³-hybridized carbons (Fsp3) is 0.357. The Bertz CT molecular complexity index is 548. The number of benzene rings is 1. The highest BCUT2D eigenvalue weighted by molar-refractivity contribution is 7.15.